The molecule has 0 saturated carbocycles. The zero-order valence-corrected chi connectivity index (χ0v) is 11.9. The lowest BCUT2D eigenvalue weighted by Gasteiger charge is -2.24. The molecule has 6 nitrogen and oxygen atoms in total. The normalized spacial score (nSPS) is 17.7. The number of nitrogens with zero attached hydrogens (tertiary/aromatic N) is 1. The van der Waals surface area contributed by atoms with Crippen LogP contribution in [0, 0.1) is 0 Å². The molecule has 0 saturated heterocycles. The SMILES string of the molecule is CC(C)n1[nH]c(=O)c2c1NC(=O)C[C@@H]2c1cccc(O)c1. The molecule has 0 unspecified atom stereocenters. The Balaban J connectivity index is 2.18. The molecule has 3 N–H and O–H groups in total. The quantitative estimate of drug-likeness (QED) is 0.788. The van der Waals surface area contributed by atoms with Crippen LogP contribution in [0.4, 0.5) is 5.82 Å². The summed E-state index contributed by atoms with van der Waals surface area (Å²) in [6, 6.07) is 6.73. The van der Waals surface area contributed by atoms with Crippen molar-refractivity contribution < 1.29 is 9.90 Å². The van der Waals surface area contributed by atoms with Gasteiger partial charge in [-0.25, -0.2) is 0 Å². The molecule has 1 aliphatic rings. The minimum Gasteiger partial charge on any atom is -0.508 e. The van der Waals surface area contributed by atoms with Crippen LogP contribution in [0.15, 0.2) is 29.1 Å². The van der Waals surface area contributed by atoms with Crippen molar-refractivity contribution in [2.24, 2.45) is 0 Å². The van der Waals surface area contributed by atoms with E-state index in [2.05, 4.69) is 10.4 Å². The Kier molecular flexibility index (Phi) is 3.08. The highest BCUT2D eigenvalue weighted by molar-refractivity contribution is 5.94. The number of carbonyl (C=O) groups excluding carboxylic acids is 1. The molecular weight excluding hydrogens is 270 g/mol. The number of aromatic hydroxyl groups is 1. The molecule has 110 valence electrons. The maximum absolute atomic E-state index is 12.3. The van der Waals surface area contributed by atoms with Gasteiger partial charge in [-0.05, 0) is 31.5 Å². The van der Waals surface area contributed by atoms with Gasteiger partial charge in [0.1, 0.15) is 11.6 Å². The summed E-state index contributed by atoms with van der Waals surface area (Å²) in [5.41, 5.74) is 1.11. The Labute approximate surface area is 121 Å². The molecule has 0 bridgehead atoms. The van der Waals surface area contributed by atoms with Crippen LogP contribution in [0.25, 0.3) is 0 Å². The number of anilines is 1. The highest BCUT2D eigenvalue weighted by Crippen LogP contribution is 2.36. The highest BCUT2D eigenvalue weighted by Gasteiger charge is 2.33. The van der Waals surface area contributed by atoms with E-state index in [0.717, 1.165) is 5.56 Å². The Morgan fingerprint density at radius 3 is 2.76 bits per heavy atom. The Morgan fingerprint density at radius 2 is 2.10 bits per heavy atom. The third kappa shape index (κ3) is 2.22. The fourth-order valence-corrected chi connectivity index (χ4v) is 2.80. The van der Waals surface area contributed by atoms with Crippen LogP contribution in [-0.4, -0.2) is 20.8 Å². The second-order valence-electron chi connectivity index (χ2n) is 5.57. The molecule has 6 heteroatoms. The van der Waals surface area contributed by atoms with Gasteiger partial charge in [-0.3, -0.25) is 19.4 Å². The van der Waals surface area contributed by atoms with E-state index in [4.69, 9.17) is 0 Å². The second kappa shape index (κ2) is 4.80. The summed E-state index contributed by atoms with van der Waals surface area (Å²) in [6.45, 7) is 3.86. The number of phenolic OH excluding ortho intramolecular Hbond substituents is 1. The van der Waals surface area contributed by atoms with Crippen LogP contribution in [0.1, 0.15) is 43.4 Å². The number of carbonyl (C=O) groups is 1. The maximum Gasteiger partial charge on any atom is 0.270 e. The van der Waals surface area contributed by atoms with E-state index in [1.54, 1.807) is 22.9 Å². The average molecular weight is 287 g/mol. The zero-order valence-electron chi connectivity index (χ0n) is 11.9. The number of aromatic nitrogens is 2. The lowest BCUT2D eigenvalue weighted by Crippen LogP contribution is -2.27. The number of phenols is 1. The molecule has 21 heavy (non-hydrogen) atoms. The van der Waals surface area contributed by atoms with Crippen molar-refractivity contribution in [1.82, 2.24) is 9.78 Å². The topological polar surface area (TPSA) is 87.1 Å². The summed E-state index contributed by atoms with van der Waals surface area (Å²) in [5.74, 6) is 0.174. The van der Waals surface area contributed by atoms with E-state index in [-0.39, 0.29) is 35.6 Å². The van der Waals surface area contributed by atoms with Gasteiger partial charge >= 0.3 is 0 Å². The van der Waals surface area contributed by atoms with Crippen molar-refractivity contribution in [3.8, 4) is 5.75 Å². The molecule has 3 rings (SSSR count). The molecule has 1 atom stereocenters. The van der Waals surface area contributed by atoms with Gasteiger partial charge in [0.15, 0.2) is 0 Å². The molecule has 0 fully saturated rings. The van der Waals surface area contributed by atoms with Crippen molar-refractivity contribution in [2.45, 2.75) is 32.2 Å². The molecule has 1 aromatic carbocycles. The Hall–Kier alpha value is -2.50. The molecule has 1 amide bonds. The lowest BCUT2D eigenvalue weighted by atomic mass is 9.87. The number of H-pyrrole nitrogens is 1. The van der Waals surface area contributed by atoms with E-state index in [1.807, 2.05) is 19.9 Å². The predicted molar refractivity (Wildman–Crippen MR) is 78.6 cm³/mol. The van der Waals surface area contributed by atoms with Gasteiger partial charge in [-0.15, -0.1) is 0 Å². The van der Waals surface area contributed by atoms with Crippen molar-refractivity contribution in [2.75, 3.05) is 5.32 Å². The molecule has 0 spiro atoms. The monoisotopic (exact) mass is 287 g/mol. The van der Waals surface area contributed by atoms with Gasteiger partial charge in [0.05, 0.1) is 5.56 Å². The first-order valence-corrected chi connectivity index (χ1v) is 6.90. The van der Waals surface area contributed by atoms with E-state index in [9.17, 15) is 14.7 Å². The van der Waals surface area contributed by atoms with Gasteiger partial charge in [0.2, 0.25) is 5.91 Å². The predicted octanol–water partition coefficient (Wildman–Crippen LogP) is 1.94. The number of benzene rings is 1. The van der Waals surface area contributed by atoms with E-state index in [1.165, 1.54) is 0 Å². The van der Waals surface area contributed by atoms with Gasteiger partial charge in [0, 0.05) is 18.4 Å². The largest absolute Gasteiger partial charge is 0.508 e. The number of amides is 1. The fourth-order valence-electron chi connectivity index (χ4n) is 2.80. The summed E-state index contributed by atoms with van der Waals surface area (Å²) in [6.07, 6.45) is 0.196. The van der Waals surface area contributed by atoms with Crippen LogP contribution in [-0.2, 0) is 4.79 Å². The molecule has 2 aromatic rings. The van der Waals surface area contributed by atoms with E-state index < -0.39 is 0 Å². The molecule has 0 aliphatic carbocycles. The lowest BCUT2D eigenvalue weighted by molar-refractivity contribution is -0.116. The Bertz CT molecular complexity index is 758. The average Bonchev–Trinajstić information content (AvgIpc) is 2.75. The zero-order chi connectivity index (χ0) is 15.1. The molecule has 1 aromatic heterocycles. The number of hydrogen-bond donors (Lipinski definition) is 3. The third-order valence-electron chi connectivity index (χ3n) is 3.75. The molecule has 2 heterocycles. The summed E-state index contributed by atoms with van der Waals surface area (Å²) >= 11 is 0. The molecule has 0 radical (unpaired) electrons. The number of fused-ring (bicyclic) bond motifs is 1. The van der Waals surface area contributed by atoms with Crippen LogP contribution in [0.5, 0.6) is 5.75 Å². The number of nitrogens with one attached hydrogen (secondary N) is 2. The summed E-state index contributed by atoms with van der Waals surface area (Å²) < 4.78 is 1.67. The van der Waals surface area contributed by atoms with E-state index in [0.29, 0.717) is 11.4 Å². The van der Waals surface area contributed by atoms with Gasteiger partial charge in [-0.1, -0.05) is 12.1 Å². The van der Waals surface area contributed by atoms with Crippen molar-refractivity contribution >= 4 is 11.7 Å². The van der Waals surface area contributed by atoms with Crippen LogP contribution in [0.2, 0.25) is 0 Å². The first-order chi connectivity index (χ1) is 9.97. The first-order valence-electron chi connectivity index (χ1n) is 6.90. The minimum absolute atomic E-state index is 0.0321. The van der Waals surface area contributed by atoms with Crippen molar-refractivity contribution in [3.63, 3.8) is 0 Å². The van der Waals surface area contributed by atoms with Crippen LogP contribution >= 0.6 is 0 Å². The van der Waals surface area contributed by atoms with Crippen molar-refractivity contribution in [3.05, 3.63) is 45.7 Å². The smallest absolute Gasteiger partial charge is 0.270 e. The van der Waals surface area contributed by atoms with Gasteiger partial charge < -0.3 is 10.4 Å². The fraction of sp³-hybridized carbons (Fsp3) is 0.333. The first kappa shape index (κ1) is 13.5. The van der Waals surface area contributed by atoms with Crippen LogP contribution < -0.4 is 10.9 Å². The molecular formula is C15H17N3O3. The summed E-state index contributed by atoms with van der Waals surface area (Å²) in [7, 11) is 0. The summed E-state index contributed by atoms with van der Waals surface area (Å²) in [4.78, 5) is 24.2. The highest BCUT2D eigenvalue weighted by atomic mass is 16.3. The van der Waals surface area contributed by atoms with Crippen LogP contribution in [0.3, 0.4) is 0 Å². The summed E-state index contributed by atoms with van der Waals surface area (Å²) in [5, 5.41) is 15.2. The number of aromatic amines is 1. The standard InChI is InChI=1S/C15H17N3O3/c1-8(2)18-14-13(15(21)17-18)11(7-12(20)16-14)9-4-3-5-10(19)6-9/h3-6,8,11,19H,7H2,1-2H3,(H,16,20)(H,17,21)/t11-/m1/s1. The third-order valence-corrected chi connectivity index (χ3v) is 3.75. The van der Waals surface area contributed by atoms with Crippen molar-refractivity contribution in [1.29, 1.82) is 0 Å². The molecule has 1 aliphatic heterocycles. The number of rotatable bonds is 2. The number of hydrogen-bond acceptors (Lipinski definition) is 3. The van der Waals surface area contributed by atoms with Gasteiger partial charge in [0.25, 0.3) is 5.56 Å². The second-order valence-corrected chi connectivity index (χ2v) is 5.57. The van der Waals surface area contributed by atoms with E-state index >= 15 is 0 Å². The Morgan fingerprint density at radius 1 is 1.33 bits per heavy atom. The minimum atomic E-state index is -0.343. The maximum atomic E-state index is 12.3. The van der Waals surface area contributed by atoms with Gasteiger partial charge in [-0.2, -0.15) is 0 Å².